The van der Waals surface area contributed by atoms with E-state index in [-0.39, 0.29) is 11.8 Å². The molecule has 1 N–H and O–H groups in total. The molecule has 1 fully saturated rings. The highest BCUT2D eigenvalue weighted by Crippen LogP contribution is 2.24. The van der Waals surface area contributed by atoms with Crippen molar-refractivity contribution in [3.05, 3.63) is 0 Å². The molecule has 0 radical (unpaired) electrons. The van der Waals surface area contributed by atoms with Crippen LogP contribution in [-0.4, -0.2) is 64.7 Å². The second kappa shape index (κ2) is 7.66. The van der Waals surface area contributed by atoms with Gasteiger partial charge in [0.25, 0.3) is 0 Å². The highest BCUT2D eigenvalue weighted by atomic mass is 16.6. The predicted octanol–water partition coefficient (Wildman–Crippen LogP) is 1.96. The van der Waals surface area contributed by atoms with Gasteiger partial charge in [0.05, 0.1) is 0 Å². The number of nitrogens with zero attached hydrogens (tertiary/aromatic N) is 2. The maximum atomic E-state index is 12.1. The second-order valence-corrected chi connectivity index (χ2v) is 7.13. The van der Waals surface area contributed by atoms with Crippen LogP contribution in [0.4, 0.5) is 4.79 Å². The van der Waals surface area contributed by atoms with Gasteiger partial charge in [-0.3, -0.25) is 9.69 Å². The minimum absolute atomic E-state index is 0.0455. The SMILES string of the molecule is CC(=O)N1CCC(C[C@H](C(=O)O)N(C)C(=O)OC(C)(C)C)CC1. The van der Waals surface area contributed by atoms with E-state index < -0.39 is 23.7 Å². The Kier molecular flexibility index (Phi) is 6.41. The Morgan fingerprint density at radius 1 is 1.26 bits per heavy atom. The minimum atomic E-state index is -1.03. The molecular weight excluding hydrogens is 300 g/mol. The molecule has 1 aliphatic heterocycles. The largest absolute Gasteiger partial charge is 0.480 e. The minimum Gasteiger partial charge on any atom is -0.480 e. The molecule has 1 aliphatic rings. The number of carboxylic acid groups (broad SMARTS) is 1. The van der Waals surface area contributed by atoms with Crippen molar-refractivity contribution >= 4 is 18.0 Å². The van der Waals surface area contributed by atoms with E-state index in [0.29, 0.717) is 19.5 Å². The van der Waals surface area contributed by atoms with Crippen LogP contribution in [0.5, 0.6) is 0 Å². The average Bonchev–Trinajstić information content (AvgIpc) is 2.42. The fraction of sp³-hybridized carbons (Fsp3) is 0.812. The summed E-state index contributed by atoms with van der Waals surface area (Å²) < 4.78 is 5.24. The van der Waals surface area contributed by atoms with Crippen LogP contribution in [0.15, 0.2) is 0 Å². The summed E-state index contributed by atoms with van der Waals surface area (Å²) in [5.41, 5.74) is -0.665. The van der Waals surface area contributed by atoms with Gasteiger partial charge in [-0.2, -0.15) is 0 Å². The molecule has 0 saturated carbocycles. The third-order valence-electron chi connectivity index (χ3n) is 4.05. The fourth-order valence-electron chi connectivity index (χ4n) is 2.69. The van der Waals surface area contributed by atoms with E-state index in [4.69, 9.17) is 4.74 Å². The van der Waals surface area contributed by atoms with Gasteiger partial charge >= 0.3 is 12.1 Å². The molecule has 0 aromatic carbocycles. The van der Waals surface area contributed by atoms with Crippen molar-refractivity contribution in [3.8, 4) is 0 Å². The molecule has 1 rings (SSSR count). The number of piperidine rings is 1. The van der Waals surface area contributed by atoms with Gasteiger partial charge in [-0.05, 0) is 46.0 Å². The number of likely N-dealkylation sites (tertiary alicyclic amines) is 1. The lowest BCUT2D eigenvalue weighted by atomic mass is 9.89. The van der Waals surface area contributed by atoms with Crippen LogP contribution in [0.3, 0.4) is 0 Å². The van der Waals surface area contributed by atoms with E-state index in [2.05, 4.69) is 0 Å². The number of hydrogen-bond acceptors (Lipinski definition) is 4. The van der Waals surface area contributed by atoms with Gasteiger partial charge in [0, 0.05) is 27.1 Å². The molecule has 2 amide bonds. The van der Waals surface area contributed by atoms with E-state index in [1.54, 1.807) is 25.7 Å². The molecule has 0 aliphatic carbocycles. The average molecular weight is 328 g/mol. The monoisotopic (exact) mass is 328 g/mol. The standard InChI is InChI=1S/C16H28N2O5/c1-11(19)18-8-6-12(7-9-18)10-13(14(20)21)17(5)15(22)23-16(2,3)4/h12-13H,6-10H2,1-5H3,(H,20,21)/t13-/m1/s1. The third-order valence-corrected chi connectivity index (χ3v) is 4.05. The van der Waals surface area contributed by atoms with E-state index in [9.17, 15) is 19.5 Å². The molecule has 7 heteroatoms. The number of rotatable bonds is 4. The van der Waals surface area contributed by atoms with Crippen molar-refractivity contribution in [2.24, 2.45) is 5.92 Å². The summed E-state index contributed by atoms with van der Waals surface area (Å²) in [6.45, 7) is 8.05. The van der Waals surface area contributed by atoms with Gasteiger partial charge in [0.1, 0.15) is 11.6 Å². The molecule has 132 valence electrons. The first-order valence-electron chi connectivity index (χ1n) is 7.95. The highest BCUT2D eigenvalue weighted by Gasteiger charge is 2.33. The number of carbonyl (C=O) groups excluding carboxylic acids is 2. The molecule has 7 nitrogen and oxygen atoms in total. The Bertz CT molecular complexity index is 450. The predicted molar refractivity (Wildman–Crippen MR) is 85.0 cm³/mol. The molecule has 1 heterocycles. The smallest absolute Gasteiger partial charge is 0.410 e. The number of likely N-dealkylation sites (N-methyl/N-ethyl adjacent to an activating group) is 1. The van der Waals surface area contributed by atoms with Crippen molar-refractivity contribution in [2.45, 2.75) is 58.6 Å². The van der Waals surface area contributed by atoms with E-state index >= 15 is 0 Å². The summed E-state index contributed by atoms with van der Waals surface area (Å²) in [4.78, 5) is 37.9. The van der Waals surface area contributed by atoms with Gasteiger partial charge in [0.15, 0.2) is 0 Å². The maximum absolute atomic E-state index is 12.1. The first kappa shape index (κ1) is 19.3. The van der Waals surface area contributed by atoms with Crippen LogP contribution >= 0.6 is 0 Å². The number of hydrogen-bond donors (Lipinski definition) is 1. The van der Waals surface area contributed by atoms with Gasteiger partial charge in [-0.25, -0.2) is 9.59 Å². The first-order chi connectivity index (χ1) is 10.5. The Labute approximate surface area is 137 Å². The van der Waals surface area contributed by atoms with Crippen molar-refractivity contribution in [2.75, 3.05) is 20.1 Å². The van der Waals surface area contributed by atoms with Crippen LogP contribution in [-0.2, 0) is 14.3 Å². The molecule has 0 spiro atoms. The maximum Gasteiger partial charge on any atom is 0.410 e. The van der Waals surface area contributed by atoms with Gasteiger partial charge in [-0.15, -0.1) is 0 Å². The molecule has 23 heavy (non-hydrogen) atoms. The summed E-state index contributed by atoms with van der Waals surface area (Å²) in [6, 6.07) is -0.918. The Hall–Kier alpha value is -1.79. The van der Waals surface area contributed by atoms with E-state index in [1.165, 1.54) is 14.0 Å². The lowest BCUT2D eigenvalue weighted by molar-refractivity contribution is -0.143. The van der Waals surface area contributed by atoms with Crippen molar-refractivity contribution in [3.63, 3.8) is 0 Å². The number of carboxylic acids is 1. The number of carbonyl (C=O) groups is 3. The van der Waals surface area contributed by atoms with Gasteiger partial charge in [0.2, 0.25) is 5.91 Å². The summed E-state index contributed by atoms with van der Waals surface area (Å²) in [6.07, 6.45) is 1.25. The normalized spacial score (nSPS) is 17.5. The van der Waals surface area contributed by atoms with Crippen LogP contribution in [0.1, 0.15) is 47.0 Å². The summed E-state index contributed by atoms with van der Waals surface area (Å²) in [5, 5.41) is 9.45. The Balaban J connectivity index is 2.64. The lowest BCUT2D eigenvalue weighted by Gasteiger charge is -2.34. The van der Waals surface area contributed by atoms with Crippen LogP contribution in [0.25, 0.3) is 0 Å². The highest BCUT2D eigenvalue weighted by molar-refractivity contribution is 5.80. The van der Waals surface area contributed by atoms with Crippen molar-refractivity contribution < 1.29 is 24.2 Å². The number of aliphatic carboxylic acids is 1. The van der Waals surface area contributed by atoms with Crippen LogP contribution < -0.4 is 0 Å². The van der Waals surface area contributed by atoms with E-state index in [0.717, 1.165) is 17.7 Å². The molecule has 1 saturated heterocycles. The fourth-order valence-corrected chi connectivity index (χ4v) is 2.69. The second-order valence-electron chi connectivity index (χ2n) is 7.13. The van der Waals surface area contributed by atoms with Gasteiger partial charge < -0.3 is 14.7 Å². The van der Waals surface area contributed by atoms with E-state index in [1.807, 2.05) is 0 Å². The molecule has 1 atom stereocenters. The zero-order chi connectivity index (χ0) is 17.8. The Morgan fingerprint density at radius 2 is 1.78 bits per heavy atom. The molecule has 0 aromatic heterocycles. The molecule has 0 unspecified atom stereocenters. The third kappa shape index (κ3) is 6.08. The van der Waals surface area contributed by atoms with Crippen molar-refractivity contribution in [1.82, 2.24) is 9.80 Å². The summed E-state index contributed by atoms with van der Waals surface area (Å²) in [7, 11) is 1.46. The first-order valence-corrected chi connectivity index (χ1v) is 7.95. The topological polar surface area (TPSA) is 87.2 Å². The molecule has 0 aromatic rings. The van der Waals surface area contributed by atoms with Gasteiger partial charge in [-0.1, -0.05) is 0 Å². The number of amides is 2. The zero-order valence-corrected chi connectivity index (χ0v) is 14.7. The Morgan fingerprint density at radius 3 is 2.17 bits per heavy atom. The number of ether oxygens (including phenoxy) is 1. The van der Waals surface area contributed by atoms with Crippen LogP contribution in [0, 0.1) is 5.92 Å². The lowest BCUT2D eigenvalue weighted by Crippen LogP contribution is -2.47. The quantitative estimate of drug-likeness (QED) is 0.852. The molecule has 0 bridgehead atoms. The molecular formula is C16H28N2O5. The summed E-state index contributed by atoms with van der Waals surface area (Å²) >= 11 is 0. The summed E-state index contributed by atoms with van der Waals surface area (Å²) in [5.74, 6) is -0.812. The van der Waals surface area contributed by atoms with Crippen molar-refractivity contribution in [1.29, 1.82) is 0 Å². The van der Waals surface area contributed by atoms with Crippen LogP contribution in [0.2, 0.25) is 0 Å². The zero-order valence-electron chi connectivity index (χ0n) is 14.7.